The lowest BCUT2D eigenvalue weighted by molar-refractivity contribution is -0.147. The normalized spacial score (nSPS) is 20.2. The Bertz CT molecular complexity index is 1030. The third-order valence-corrected chi connectivity index (χ3v) is 5.86. The number of carbonyl (C=O) groups is 1. The fourth-order valence-electron chi connectivity index (χ4n) is 4.50. The Morgan fingerprint density at radius 2 is 1.88 bits per heavy atom. The highest BCUT2D eigenvalue weighted by Gasteiger charge is 2.36. The van der Waals surface area contributed by atoms with Gasteiger partial charge in [-0.2, -0.15) is 0 Å². The number of aryl methyl sites for hydroxylation is 1. The number of likely N-dealkylation sites (N-methyl/N-ethyl adjacent to an activating group) is 1. The molecule has 1 aromatic heterocycles. The third-order valence-electron chi connectivity index (χ3n) is 5.86. The van der Waals surface area contributed by atoms with E-state index in [-0.39, 0.29) is 11.9 Å². The molecule has 176 valence electrons. The zero-order valence-electron chi connectivity index (χ0n) is 18.6. The lowest BCUT2D eigenvalue weighted by atomic mass is 9.80. The summed E-state index contributed by atoms with van der Waals surface area (Å²) < 4.78 is 21.7. The first-order valence-corrected chi connectivity index (χ1v) is 12.1. The van der Waals surface area contributed by atoms with E-state index in [1.807, 2.05) is 0 Å². The van der Waals surface area contributed by atoms with Crippen LogP contribution in [0, 0.1) is 5.92 Å². The van der Waals surface area contributed by atoms with Gasteiger partial charge in [0.1, 0.15) is 0 Å². The van der Waals surface area contributed by atoms with Gasteiger partial charge in [-0.3, -0.25) is 9.69 Å². The van der Waals surface area contributed by atoms with Gasteiger partial charge in [0.15, 0.2) is 0 Å². The molecule has 1 aromatic carbocycles. The van der Waals surface area contributed by atoms with Crippen molar-refractivity contribution < 1.29 is 33.5 Å². The second-order valence-corrected chi connectivity index (χ2v) is 9.26. The van der Waals surface area contributed by atoms with Crippen LogP contribution in [-0.2, 0) is 32.3 Å². The lowest BCUT2D eigenvalue weighted by Crippen LogP contribution is -2.44. The third kappa shape index (κ3) is 5.86. The Morgan fingerprint density at radius 3 is 2.56 bits per heavy atom. The Morgan fingerprint density at radius 1 is 1.19 bits per heavy atom. The number of methoxy groups -OCH3 is 1. The average molecular weight is 466 g/mol. The van der Waals surface area contributed by atoms with E-state index in [0.717, 1.165) is 19.3 Å². The van der Waals surface area contributed by atoms with Crippen LogP contribution in [0.1, 0.15) is 24.0 Å². The summed E-state index contributed by atoms with van der Waals surface area (Å²) in [6.07, 6.45) is 7.16. The van der Waals surface area contributed by atoms with Crippen LogP contribution >= 0.6 is 7.82 Å². The molecule has 4 rings (SSSR count). The van der Waals surface area contributed by atoms with Crippen molar-refractivity contribution in [2.45, 2.75) is 25.3 Å². The van der Waals surface area contributed by atoms with Crippen LogP contribution in [0.5, 0.6) is 0 Å². The highest BCUT2D eigenvalue weighted by Crippen LogP contribution is 2.41. The lowest BCUT2D eigenvalue weighted by Gasteiger charge is -2.39. The maximum absolute atomic E-state index is 12.6. The first-order valence-electron chi connectivity index (χ1n) is 10.5. The molecule has 0 fully saturated rings. The van der Waals surface area contributed by atoms with E-state index in [9.17, 15) is 4.79 Å². The quantitative estimate of drug-likeness (QED) is 0.336. The number of fused-ring (bicyclic) bond motifs is 2. The molecule has 0 bridgehead atoms. The van der Waals surface area contributed by atoms with Crippen LogP contribution in [0.15, 0.2) is 30.5 Å². The molecule has 2 aliphatic rings. The Balaban J connectivity index is 0.000000523. The highest BCUT2D eigenvalue weighted by molar-refractivity contribution is 7.45. The van der Waals surface area contributed by atoms with Gasteiger partial charge in [-0.05, 0) is 49.1 Å². The molecule has 2 aromatic rings. The summed E-state index contributed by atoms with van der Waals surface area (Å²) in [5, 5.41) is 1.34. The number of carbonyl (C=O) groups excluding carboxylic acids is 1. The Kier molecular flexibility index (Phi) is 7.92. The number of hydrogen-bond donors (Lipinski definition) is 3. The van der Waals surface area contributed by atoms with Crippen LogP contribution in [0.4, 0.5) is 0 Å². The largest absolute Gasteiger partial charge is 0.466 e. The number of rotatable bonds is 6. The first-order chi connectivity index (χ1) is 15.1. The van der Waals surface area contributed by atoms with Gasteiger partial charge in [0.2, 0.25) is 0 Å². The van der Waals surface area contributed by atoms with Crippen LogP contribution in [0.2, 0.25) is 0 Å². The van der Waals surface area contributed by atoms with E-state index in [4.69, 9.17) is 28.7 Å². The SMILES string of the molecule is COCCCCOC(=O)[C@@H]1C=C2c3cccc4c3c(cn4C)C[C@H]2N(C)C1.O=P(O)(O)O. The Labute approximate surface area is 187 Å². The van der Waals surface area contributed by atoms with Gasteiger partial charge in [-0.25, -0.2) is 4.57 Å². The van der Waals surface area contributed by atoms with Gasteiger partial charge >= 0.3 is 13.8 Å². The summed E-state index contributed by atoms with van der Waals surface area (Å²) >= 11 is 0. The fraction of sp³-hybridized carbons (Fsp3) is 0.500. The first kappa shape index (κ1) is 24.6. The maximum Gasteiger partial charge on any atom is 0.466 e. The van der Waals surface area contributed by atoms with Crippen molar-refractivity contribution in [3.8, 4) is 0 Å². The van der Waals surface area contributed by atoms with Gasteiger partial charge in [0, 0.05) is 50.5 Å². The van der Waals surface area contributed by atoms with Crippen molar-refractivity contribution in [3.05, 3.63) is 41.6 Å². The number of hydrogen-bond acceptors (Lipinski definition) is 5. The minimum atomic E-state index is -4.64. The van der Waals surface area contributed by atoms with Gasteiger partial charge in [-0.15, -0.1) is 0 Å². The number of nitrogens with zero attached hydrogens (tertiary/aromatic N) is 2. The molecule has 0 saturated carbocycles. The van der Waals surface area contributed by atoms with E-state index in [1.165, 1.54) is 27.6 Å². The zero-order chi connectivity index (χ0) is 23.5. The van der Waals surface area contributed by atoms with Crippen LogP contribution in [0.25, 0.3) is 16.5 Å². The topological polar surface area (TPSA) is 121 Å². The van der Waals surface area contributed by atoms with E-state index in [1.54, 1.807) is 7.11 Å². The van der Waals surface area contributed by atoms with Crippen molar-refractivity contribution in [2.75, 3.05) is 33.9 Å². The van der Waals surface area contributed by atoms with E-state index in [0.29, 0.717) is 25.8 Å². The smallest absolute Gasteiger partial charge is 0.465 e. The van der Waals surface area contributed by atoms with Crippen LogP contribution in [0.3, 0.4) is 0 Å². The zero-order valence-corrected chi connectivity index (χ0v) is 19.5. The standard InChI is InChI=1S/C22H28N2O3.H3O4P/c1-23-13-15-12-20-18(17-7-6-8-19(23)21(15)17)11-16(14-24(20)2)22(25)27-10-5-4-9-26-3;1-5(2,3)4/h6-8,11,13,16,20H,4-5,9-10,12,14H2,1-3H3;(H3,1,2,3,4)/t16-,20-;/m1./s1. The number of unbranched alkanes of at least 4 members (excludes halogenated alkanes) is 1. The van der Waals surface area contributed by atoms with Gasteiger partial charge in [-0.1, -0.05) is 18.2 Å². The molecular weight excluding hydrogens is 435 g/mol. The predicted octanol–water partition coefficient (Wildman–Crippen LogP) is 2.09. The van der Waals surface area contributed by atoms with Crippen molar-refractivity contribution in [1.82, 2.24) is 9.47 Å². The molecule has 10 heteroatoms. The van der Waals surface area contributed by atoms with Gasteiger partial charge < -0.3 is 28.7 Å². The maximum atomic E-state index is 12.6. The number of esters is 1. The van der Waals surface area contributed by atoms with Gasteiger partial charge in [0.05, 0.1) is 12.5 Å². The van der Waals surface area contributed by atoms with Crippen molar-refractivity contribution >= 4 is 30.3 Å². The molecule has 9 nitrogen and oxygen atoms in total. The molecule has 0 spiro atoms. The molecule has 0 radical (unpaired) electrons. The summed E-state index contributed by atoms with van der Waals surface area (Å²) in [4.78, 5) is 36.5. The molecule has 2 heterocycles. The molecule has 2 atom stereocenters. The average Bonchev–Trinajstić information content (AvgIpc) is 3.04. The highest BCUT2D eigenvalue weighted by atomic mass is 31.2. The Hall–Kier alpha value is -2.00. The second-order valence-electron chi connectivity index (χ2n) is 8.23. The molecule has 32 heavy (non-hydrogen) atoms. The molecule has 0 amide bonds. The molecule has 0 saturated heterocycles. The van der Waals surface area contributed by atoms with Crippen molar-refractivity contribution in [2.24, 2.45) is 13.0 Å². The van der Waals surface area contributed by atoms with Crippen molar-refractivity contribution in [1.29, 1.82) is 0 Å². The molecule has 0 unspecified atom stereocenters. The predicted molar refractivity (Wildman–Crippen MR) is 121 cm³/mol. The summed E-state index contributed by atoms with van der Waals surface area (Å²) in [6, 6.07) is 6.80. The minimum absolute atomic E-state index is 0.115. The molecule has 1 aliphatic carbocycles. The van der Waals surface area contributed by atoms with Gasteiger partial charge in [0.25, 0.3) is 0 Å². The molecule has 1 aliphatic heterocycles. The van der Waals surface area contributed by atoms with E-state index in [2.05, 4.69) is 54.0 Å². The van der Waals surface area contributed by atoms with Crippen molar-refractivity contribution in [3.63, 3.8) is 0 Å². The number of ether oxygens (including phenoxy) is 2. The number of phosphoric acid groups is 1. The molecular formula is C22H31N2O7P. The van der Waals surface area contributed by atoms with Crippen LogP contribution in [-0.4, -0.2) is 70.1 Å². The van der Waals surface area contributed by atoms with E-state index < -0.39 is 7.82 Å². The fourth-order valence-corrected chi connectivity index (χ4v) is 4.50. The summed E-state index contributed by atoms with van der Waals surface area (Å²) in [5.74, 6) is -0.319. The molecule has 3 N–H and O–H groups in total. The monoisotopic (exact) mass is 466 g/mol. The summed E-state index contributed by atoms with van der Waals surface area (Å²) in [6.45, 7) is 1.88. The summed E-state index contributed by atoms with van der Waals surface area (Å²) in [5.41, 5.74) is 5.20. The second kappa shape index (κ2) is 10.3. The number of aromatic nitrogens is 1. The van der Waals surface area contributed by atoms with E-state index >= 15 is 0 Å². The summed E-state index contributed by atoms with van der Waals surface area (Å²) in [7, 11) is 1.27. The number of benzene rings is 1. The minimum Gasteiger partial charge on any atom is -0.465 e. The van der Waals surface area contributed by atoms with Crippen LogP contribution < -0.4 is 0 Å².